The number of para-hydroxylation sites is 1. The molecule has 26 heavy (non-hydrogen) atoms. The fourth-order valence-corrected chi connectivity index (χ4v) is 2.57. The Hall–Kier alpha value is -2.82. The summed E-state index contributed by atoms with van der Waals surface area (Å²) < 4.78 is 10.8. The summed E-state index contributed by atoms with van der Waals surface area (Å²) in [5, 5.41) is 2.81. The highest BCUT2D eigenvalue weighted by Gasteiger charge is 2.27. The summed E-state index contributed by atoms with van der Waals surface area (Å²) in [5.74, 6) is -0.174. The molecule has 0 saturated heterocycles. The minimum Gasteiger partial charge on any atom is -0.482 e. The molecule has 3 rings (SSSR count). The van der Waals surface area contributed by atoms with Gasteiger partial charge in [0.15, 0.2) is 12.7 Å². The van der Waals surface area contributed by atoms with Gasteiger partial charge in [-0.1, -0.05) is 48.5 Å². The van der Waals surface area contributed by atoms with Gasteiger partial charge in [-0.15, -0.1) is 0 Å². The Morgan fingerprint density at radius 2 is 1.77 bits per heavy atom. The zero-order chi connectivity index (χ0) is 18.4. The Morgan fingerprint density at radius 1 is 1.08 bits per heavy atom. The van der Waals surface area contributed by atoms with Crippen molar-refractivity contribution < 1.29 is 19.1 Å². The number of nitrogens with one attached hydrogen (secondary N) is 1. The quantitative estimate of drug-likeness (QED) is 0.741. The van der Waals surface area contributed by atoms with Crippen LogP contribution in [0.4, 0.5) is 0 Å². The van der Waals surface area contributed by atoms with Gasteiger partial charge in [0, 0.05) is 12.5 Å². The minimum atomic E-state index is -0.814. The number of carbonyl (C=O) groups is 2. The minimum absolute atomic E-state index is 0.229. The number of rotatable bonds is 8. The van der Waals surface area contributed by atoms with E-state index in [-0.39, 0.29) is 18.6 Å². The molecule has 0 spiro atoms. The van der Waals surface area contributed by atoms with E-state index in [2.05, 4.69) is 5.32 Å². The topological polar surface area (TPSA) is 64.6 Å². The van der Waals surface area contributed by atoms with Crippen LogP contribution < -0.4 is 10.1 Å². The van der Waals surface area contributed by atoms with Crippen LogP contribution in [0.25, 0.3) is 0 Å². The molecule has 1 aliphatic rings. The first-order valence-electron chi connectivity index (χ1n) is 8.86. The fourth-order valence-electron chi connectivity index (χ4n) is 2.57. The van der Waals surface area contributed by atoms with Gasteiger partial charge in [0.05, 0.1) is 0 Å². The first-order chi connectivity index (χ1) is 12.6. The molecule has 5 heteroatoms. The predicted octanol–water partition coefficient (Wildman–Crippen LogP) is 2.87. The average Bonchev–Trinajstić information content (AvgIpc) is 3.46. The molecule has 0 radical (unpaired) electrons. The van der Waals surface area contributed by atoms with Crippen molar-refractivity contribution in [3.05, 3.63) is 65.7 Å². The van der Waals surface area contributed by atoms with Crippen molar-refractivity contribution in [1.82, 2.24) is 5.32 Å². The second-order valence-corrected chi connectivity index (χ2v) is 6.47. The molecule has 1 N–H and O–H groups in total. The molecule has 0 heterocycles. The smallest absolute Gasteiger partial charge is 0.344 e. The highest BCUT2D eigenvalue weighted by atomic mass is 16.6. The Labute approximate surface area is 153 Å². The largest absolute Gasteiger partial charge is 0.482 e. The van der Waals surface area contributed by atoms with Crippen LogP contribution >= 0.6 is 0 Å². The molecule has 0 aromatic heterocycles. The molecular formula is C21H23NO4. The third kappa shape index (κ3) is 5.34. The van der Waals surface area contributed by atoms with Crippen molar-refractivity contribution in [1.29, 1.82) is 0 Å². The molecule has 0 aliphatic heterocycles. The fraction of sp³-hybridized carbons (Fsp3) is 0.333. The van der Waals surface area contributed by atoms with Gasteiger partial charge < -0.3 is 14.8 Å². The molecule has 1 amide bonds. The summed E-state index contributed by atoms with van der Waals surface area (Å²) in [6.45, 7) is 1.34. The maximum absolute atomic E-state index is 12.0. The monoisotopic (exact) mass is 353 g/mol. The van der Waals surface area contributed by atoms with Crippen LogP contribution in [0.15, 0.2) is 54.6 Å². The third-order valence-corrected chi connectivity index (χ3v) is 4.16. The van der Waals surface area contributed by atoms with Crippen LogP contribution in [0.1, 0.15) is 30.9 Å². The van der Waals surface area contributed by atoms with E-state index in [1.54, 1.807) is 6.92 Å². The van der Waals surface area contributed by atoms with Crippen LogP contribution in [0.3, 0.4) is 0 Å². The lowest BCUT2D eigenvalue weighted by molar-refractivity contribution is -0.156. The Morgan fingerprint density at radius 3 is 2.50 bits per heavy atom. The van der Waals surface area contributed by atoms with Gasteiger partial charge >= 0.3 is 5.97 Å². The zero-order valence-electron chi connectivity index (χ0n) is 14.8. The van der Waals surface area contributed by atoms with E-state index in [9.17, 15) is 9.59 Å². The predicted molar refractivity (Wildman–Crippen MR) is 97.9 cm³/mol. The van der Waals surface area contributed by atoms with E-state index < -0.39 is 12.1 Å². The van der Waals surface area contributed by atoms with Gasteiger partial charge in [0.1, 0.15) is 5.75 Å². The van der Waals surface area contributed by atoms with Gasteiger partial charge in [-0.25, -0.2) is 4.79 Å². The van der Waals surface area contributed by atoms with E-state index in [4.69, 9.17) is 9.47 Å². The molecule has 136 valence electrons. The molecule has 1 aliphatic carbocycles. The van der Waals surface area contributed by atoms with E-state index in [0.29, 0.717) is 12.2 Å². The van der Waals surface area contributed by atoms with E-state index in [1.807, 2.05) is 54.6 Å². The first-order valence-corrected chi connectivity index (χ1v) is 8.86. The highest BCUT2D eigenvalue weighted by molar-refractivity contribution is 5.84. The maximum Gasteiger partial charge on any atom is 0.344 e. The first kappa shape index (κ1) is 18.0. The molecular weight excluding hydrogens is 330 g/mol. The van der Waals surface area contributed by atoms with Crippen LogP contribution in [0, 0.1) is 0 Å². The van der Waals surface area contributed by atoms with Crippen molar-refractivity contribution in [2.24, 2.45) is 0 Å². The van der Waals surface area contributed by atoms with Gasteiger partial charge in [0.2, 0.25) is 0 Å². The van der Waals surface area contributed by atoms with Gasteiger partial charge in [0.25, 0.3) is 5.91 Å². The standard InChI is InChI=1S/C21H23NO4/c1-15(21(24)22-18-11-12-18)26-20(23)14-25-19-10-6-5-9-17(19)13-16-7-3-2-4-8-16/h2-10,15,18H,11-14H2,1H3,(H,22,24)/t15-/m0/s1. The second-order valence-electron chi connectivity index (χ2n) is 6.47. The summed E-state index contributed by atoms with van der Waals surface area (Å²) in [5.41, 5.74) is 2.16. The number of esters is 1. The lowest BCUT2D eigenvalue weighted by Crippen LogP contribution is -2.37. The summed E-state index contributed by atoms with van der Waals surface area (Å²) in [4.78, 5) is 23.8. The molecule has 1 atom stereocenters. The zero-order valence-corrected chi connectivity index (χ0v) is 14.8. The molecule has 0 unspecified atom stereocenters. The highest BCUT2D eigenvalue weighted by Crippen LogP contribution is 2.21. The molecule has 0 bridgehead atoms. The Bertz CT molecular complexity index is 756. The van der Waals surface area contributed by atoms with Gasteiger partial charge in [-0.05, 0) is 37.0 Å². The van der Waals surface area contributed by atoms with Crippen molar-refractivity contribution in [3.63, 3.8) is 0 Å². The number of carbonyl (C=O) groups excluding carboxylic acids is 2. The summed E-state index contributed by atoms with van der Waals surface area (Å²) in [6, 6.07) is 17.9. The second kappa shape index (κ2) is 8.52. The molecule has 2 aromatic carbocycles. The summed E-state index contributed by atoms with van der Waals surface area (Å²) in [7, 11) is 0. The number of amides is 1. The maximum atomic E-state index is 12.0. The summed E-state index contributed by atoms with van der Waals surface area (Å²) >= 11 is 0. The molecule has 2 aromatic rings. The van der Waals surface area contributed by atoms with E-state index >= 15 is 0 Å². The average molecular weight is 353 g/mol. The van der Waals surface area contributed by atoms with Crippen LogP contribution in [-0.4, -0.2) is 30.6 Å². The van der Waals surface area contributed by atoms with Crippen LogP contribution in [0.5, 0.6) is 5.75 Å². The number of hydrogen-bond acceptors (Lipinski definition) is 4. The van der Waals surface area contributed by atoms with Crippen LogP contribution in [0.2, 0.25) is 0 Å². The van der Waals surface area contributed by atoms with Crippen molar-refractivity contribution in [2.75, 3.05) is 6.61 Å². The molecule has 1 fully saturated rings. The van der Waals surface area contributed by atoms with Crippen LogP contribution in [-0.2, 0) is 20.7 Å². The SMILES string of the molecule is C[C@H](OC(=O)COc1ccccc1Cc1ccccc1)C(=O)NC1CC1. The van der Waals surface area contributed by atoms with E-state index in [0.717, 1.165) is 24.0 Å². The third-order valence-electron chi connectivity index (χ3n) is 4.16. The number of hydrogen-bond donors (Lipinski definition) is 1. The summed E-state index contributed by atoms with van der Waals surface area (Å²) in [6.07, 6.45) is 1.89. The van der Waals surface area contributed by atoms with Crippen molar-refractivity contribution in [3.8, 4) is 5.75 Å². The Balaban J connectivity index is 1.52. The van der Waals surface area contributed by atoms with Crippen molar-refractivity contribution >= 4 is 11.9 Å². The lowest BCUT2D eigenvalue weighted by atomic mass is 10.0. The molecule has 1 saturated carbocycles. The van der Waals surface area contributed by atoms with Gasteiger partial charge in [-0.3, -0.25) is 4.79 Å². The van der Waals surface area contributed by atoms with Crippen molar-refractivity contribution in [2.45, 2.75) is 38.3 Å². The van der Waals surface area contributed by atoms with Gasteiger partial charge in [-0.2, -0.15) is 0 Å². The van der Waals surface area contributed by atoms with E-state index in [1.165, 1.54) is 0 Å². The lowest BCUT2D eigenvalue weighted by Gasteiger charge is -2.14. The number of ether oxygens (including phenoxy) is 2. The number of benzene rings is 2. The normalized spacial score (nSPS) is 14.3. The molecule has 5 nitrogen and oxygen atoms in total. The Kier molecular flexibility index (Phi) is 5.89.